The molecule has 1 aliphatic rings. The summed E-state index contributed by atoms with van der Waals surface area (Å²) in [7, 11) is 0. The highest BCUT2D eigenvalue weighted by molar-refractivity contribution is 5.82. The molecule has 0 bridgehead atoms. The van der Waals surface area contributed by atoms with Crippen LogP contribution in [0.5, 0.6) is 0 Å². The molecule has 1 saturated carbocycles. The Hall–Kier alpha value is -3.94. The maximum absolute atomic E-state index is 12.9. The van der Waals surface area contributed by atoms with Gasteiger partial charge in [-0.3, -0.25) is 4.98 Å². The van der Waals surface area contributed by atoms with Crippen LogP contribution in [0.15, 0.2) is 67.0 Å². The first-order valence-electron chi connectivity index (χ1n) is 11.0. The standard InChI is InChI=1S/C26H22F3N5/c1-16-23-10-7-18(17-5-6-17)13-24(23)34-25(32-16)30-12-11-20-8-9-22(15-31-20)33-21-4-2-3-19(14-21)26(27,28)29/h2-4,7-15,17,33H,5-6H2,1H3,(H,30,32,34)/b12-11+. The number of halogens is 3. The summed E-state index contributed by atoms with van der Waals surface area (Å²) in [6.07, 6.45) is 3.15. The summed E-state index contributed by atoms with van der Waals surface area (Å²) in [4.78, 5) is 13.5. The van der Waals surface area contributed by atoms with Crippen molar-refractivity contribution in [3.63, 3.8) is 0 Å². The highest BCUT2D eigenvalue weighted by Crippen LogP contribution is 2.41. The number of fused-ring (bicyclic) bond motifs is 1. The third-order valence-corrected chi connectivity index (χ3v) is 5.69. The van der Waals surface area contributed by atoms with Gasteiger partial charge in [0.25, 0.3) is 0 Å². The summed E-state index contributed by atoms with van der Waals surface area (Å²) in [5, 5.41) is 7.09. The summed E-state index contributed by atoms with van der Waals surface area (Å²) in [5.74, 6) is 1.17. The van der Waals surface area contributed by atoms with Gasteiger partial charge >= 0.3 is 6.18 Å². The second kappa shape index (κ2) is 8.78. The van der Waals surface area contributed by atoms with Crippen LogP contribution in [0.3, 0.4) is 0 Å². The van der Waals surface area contributed by atoms with Gasteiger partial charge < -0.3 is 10.6 Å². The van der Waals surface area contributed by atoms with Crippen molar-refractivity contribution in [2.24, 2.45) is 0 Å². The number of anilines is 3. The Morgan fingerprint density at radius 3 is 2.56 bits per heavy atom. The molecule has 34 heavy (non-hydrogen) atoms. The van der Waals surface area contributed by atoms with Crippen LogP contribution in [0.2, 0.25) is 0 Å². The summed E-state index contributed by atoms with van der Waals surface area (Å²) in [5.41, 5.74) is 4.07. The van der Waals surface area contributed by atoms with E-state index in [0.717, 1.165) is 28.7 Å². The molecule has 1 aliphatic carbocycles. The lowest BCUT2D eigenvalue weighted by molar-refractivity contribution is -0.137. The number of aryl methyl sites for hydroxylation is 1. The number of aromatic nitrogens is 3. The average molecular weight is 461 g/mol. The molecule has 0 amide bonds. The van der Waals surface area contributed by atoms with Gasteiger partial charge in [0.2, 0.25) is 5.95 Å². The van der Waals surface area contributed by atoms with Crippen molar-refractivity contribution in [2.45, 2.75) is 31.9 Å². The molecule has 1 fully saturated rings. The maximum Gasteiger partial charge on any atom is 0.416 e. The second-order valence-electron chi connectivity index (χ2n) is 8.34. The Bertz CT molecular complexity index is 1360. The molecule has 2 N–H and O–H groups in total. The van der Waals surface area contributed by atoms with Gasteiger partial charge in [0, 0.05) is 17.3 Å². The van der Waals surface area contributed by atoms with Crippen LogP contribution < -0.4 is 10.6 Å². The first-order valence-corrected chi connectivity index (χ1v) is 11.0. The first kappa shape index (κ1) is 21.9. The van der Waals surface area contributed by atoms with Crippen molar-refractivity contribution in [3.8, 4) is 0 Å². The molecule has 0 aliphatic heterocycles. The molecule has 0 unspecified atom stereocenters. The van der Waals surface area contributed by atoms with Gasteiger partial charge in [0.05, 0.1) is 34.4 Å². The molecular weight excluding hydrogens is 439 g/mol. The fourth-order valence-electron chi connectivity index (χ4n) is 3.76. The monoisotopic (exact) mass is 461 g/mol. The minimum absolute atomic E-state index is 0.343. The molecular formula is C26H22F3N5. The van der Waals surface area contributed by atoms with Crippen molar-refractivity contribution in [2.75, 3.05) is 10.6 Å². The number of alkyl halides is 3. The van der Waals surface area contributed by atoms with E-state index in [2.05, 4.69) is 43.8 Å². The van der Waals surface area contributed by atoms with E-state index in [9.17, 15) is 13.2 Å². The Balaban J connectivity index is 1.25. The van der Waals surface area contributed by atoms with Gasteiger partial charge in [-0.15, -0.1) is 0 Å². The van der Waals surface area contributed by atoms with E-state index in [4.69, 9.17) is 0 Å². The molecule has 8 heteroatoms. The lowest BCUT2D eigenvalue weighted by atomic mass is 10.1. The Morgan fingerprint density at radius 1 is 0.971 bits per heavy atom. The van der Waals surface area contributed by atoms with Crippen LogP contribution in [-0.2, 0) is 6.18 Å². The van der Waals surface area contributed by atoms with Crippen molar-refractivity contribution in [1.29, 1.82) is 0 Å². The van der Waals surface area contributed by atoms with Crippen LogP contribution in [0, 0.1) is 6.92 Å². The quantitative estimate of drug-likeness (QED) is 0.322. The molecule has 2 aromatic heterocycles. The van der Waals surface area contributed by atoms with Gasteiger partial charge in [-0.05, 0) is 73.7 Å². The normalized spacial score (nSPS) is 14.0. The van der Waals surface area contributed by atoms with Crippen LogP contribution in [-0.4, -0.2) is 15.0 Å². The van der Waals surface area contributed by atoms with Crippen LogP contribution in [0.4, 0.5) is 30.5 Å². The van der Waals surface area contributed by atoms with Gasteiger partial charge in [0.1, 0.15) is 0 Å². The van der Waals surface area contributed by atoms with E-state index in [1.807, 2.05) is 6.92 Å². The minimum Gasteiger partial charge on any atom is -0.354 e. The number of rotatable bonds is 6. The van der Waals surface area contributed by atoms with E-state index in [1.54, 1.807) is 36.7 Å². The van der Waals surface area contributed by atoms with E-state index in [0.29, 0.717) is 28.9 Å². The van der Waals surface area contributed by atoms with E-state index in [-0.39, 0.29) is 0 Å². The summed E-state index contributed by atoms with van der Waals surface area (Å²) in [6.45, 7) is 1.97. The maximum atomic E-state index is 12.9. The fraction of sp³-hybridized carbons (Fsp3) is 0.192. The zero-order valence-corrected chi connectivity index (χ0v) is 18.4. The Kier molecular flexibility index (Phi) is 5.65. The van der Waals surface area contributed by atoms with E-state index < -0.39 is 11.7 Å². The molecule has 0 radical (unpaired) electrons. The number of benzene rings is 2. The van der Waals surface area contributed by atoms with Crippen molar-refractivity contribution in [1.82, 2.24) is 15.0 Å². The zero-order chi connectivity index (χ0) is 23.7. The van der Waals surface area contributed by atoms with Gasteiger partial charge in [0.15, 0.2) is 0 Å². The largest absolute Gasteiger partial charge is 0.416 e. The minimum atomic E-state index is -4.38. The van der Waals surface area contributed by atoms with Gasteiger partial charge in [-0.25, -0.2) is 9.97 Å². The molecule has 0 atom stereocenters. The lowest BCUT2D eigenvalue weighted by Gasteiger charge is -2.10. The molecule has 2 heterocycles. The van der Waals surface area contributed by atoms with Crippen molar-refractivity contribution < 1.29 is 13.2 Å². The number of nitrogens with zero attached hydrogens (tertiary/aromatic N) is 3. The molecule has 5 rings (SSSR count). The number of hydrogen-bond acceptors (Lipinski definition) is 5. The van der Waals surface area contributed by atoms with Crippen molar-refractivity contribution in [3.05, 3.63) is 89.5 Å². The summed E-state index contributed by atoms with van der Waals surface area (Å²) in [6, 6.07) is 15.0. The second-order valence-corrected chi connectivity index (χ2v) is 8.34. The highest BCUT2D eigenvalue weighted by Gasteiger charge is 2.30. The van der Waals surface area contributed by atoms with E-state index in [1.165, 1.54) is 24.5 Å². The third kappa shape index (κ3) is 5.01. The fourth-order valence-corrected chi connectivity index (χ4v) is 3.76. The van der Waals surface area contributed by atoms with Crippen LogP contribution in [0.1, 0.15) is 41.3 Å². The van der Waals surface area contributed by atoms with E-state index >= 15 is 0 Å². The predicted molar refractivity (Wildman–Crippen MR) is 128 cm³/mol. The summed E-state index contributed by atoms with van der Waals surface area (Å²) >= 11 is 0. The summed E-state index contributed by atoms with van der Waals surface area (Å²) < 4.78 is 38.7. The smallest absolute Gasteiger partial charge is 0.354 e. The topological polar surface area (TPSA) is 62.7 Å². The number of hydrogen-bond donors (Lipinski definition) is 2. The van der Waals surface area contributed by atoms with Gasteiger partial charge in [-0.1, -0.05) is 18.2 Å². The first-order chi connectivity index (χ1) is 16.3. The lowest BCUT2D eigenvalue weighted by Crippen LogP contribution is -2.05. The molecule has 5 nitrogen and oxygen atoms in total. The third-order valence-electron chi connectivity index (χ3n) is 5.69. The van der Waals surface area contributed by atoms with Crippen LogP contribution >= 0.6 is 0 Å². The molecule has 4 aromatic rings. The molecule has 172 valence electrons. The molecule has 2 aromatic carbocycles. The highest BCUT2D eigenvalue weighted by atomic mass is 19.4. The number of nitrogens with one attached hydrogen (secondary N) is 2. The average Bonchev–Trinajstić information content (AvgIpc) is 3.65. The Labute approximate surface area is 194 Å². The molecule has 0 spiro atoms. The zero-order valence-electron chi connectivity index (χ0n) is 18.4. The van der Waals surface area contributed by atoms with Crippen LogP contribution in [0.25, 0.3) is 17.0 Å². The number of pyridine rings is 1. The molecule has 0 saturated heterocycles. The predicted octanol–water partition coefficient (Wildman–Crippen LogP) is 7.06. The Morgan fingerprint density at radius 2 is 1.82 bits per heavy atom. The SMILES string of the molecule is Cc1nc(N/C=C/c2ccc(Nc3cccc(C(F)(F)F)c3)cn2)nc2cc(C3CC3)ccc12. The van der Waals surface area contributed by atoms with Crippen molar-refractivity contribution >= 4 is 34.3 Å². The van der Waals surface area contributed by atoms with Gasteiger partial charge in [-0.2, -0.15) is 13.2 Å².